The molecule has 2 fully saturated rings. The van der Waals surface area contributed by atoms with Gasteiger partial charge in [-0.05, 0) is 32.6 Å². The number of likely N-dealkylation sites (tertiary alicyclic amines) is 1. The van der Waals surface area contributed by atoms with Gasteiger partial charge in [-0.2, -0.15) is 0 Å². The molecule has 1 aliphatic heterocycles. The Balaban J connectivity index is 1.62. The monoisotopic (exact) mass is 332 g/mol. The van der Waals surface area contributed by atoms with E-state index in [1.807, 2.05) is 12.2 Å². The molecule has 1 saturated heterocycles. The zero-order chi connectivity index (χ0) is 17.1. The largest absolute Gasteiger partial charge is 0.352 e. The third-order valence-corrected chi connectivity index (χ3v) is 5.76. The third kappa shape index (κ3) is 3.40. The summed E-state index contributed by atoms with van der Waals surface area (Å²) in [7, 11) is 0. The van der Waals surface area contributed by atoms with Crippen molar-refractivity contribution in [3.05, 3.63) is 12.2 Å². The van der Waals surface area contributed by atoms with Crippen LogP contribution < -0.4 is 5.32 Å². The van der Waals surface area contributed by atoms with Gasteiger partial charge in [0.05, 0.1) is 11.8 Å². The number of hydrogen-bond acceptors (Lipinski definition) is 3. The van der Waals surface area contributed by atoms with Crippen LogP contribution in [-0.4, -0.2) is 34.7 Å². The van der Waals surface area contributed by atoms with E-state index in [4.69, 9.17) is 0 Å². The Morgan fingerprint density at radius 3 is 2.04 bits per heavy atom. The number of imide groups is 1. The highest BCUT2D eigenvalue weighted by atomic mass is 16.2. The number of carbonyl (C=O) groups excluding carboxylic acids is 3. The molecule has 1 saturated carbocycles. The molecule has 24 heavy (non-hydrogen) atoms. The Bertz CT molecular complexity index is 509. The fourth-order valence-corrected chi connectivity index (χ4v) is 4.25. The highest BCUT2D eigenvalue weighted by Gasteiger charge is 2.50. The third-order valence-electron chi connectivity index (χ3n) is 5.76. The van der Waals surface area contributed by atoms with Crippen molar-refractivity contribution in [2.75, 3.05) is 0 Å². The summed E-state index contributed by atoms with van der Waals surface area (Å²) in [6.45, 7) is 1.68. The summed E-state index contributed by atoms with van der Waals surface area (Å²) in [6, 6.07) is -0.530. The van der Waals surface area contributed by atoms with E-state index in [-0.39, 0.29) is 35.6 Å². The molecule has 0 aromatic heterocycles. The van der Waals surface area contributed by atoms with Crippen LogP contribution in [0.25, 0.3) is 0 Å². The average Bonchev–Trinajstić information content (AvgIpc) is 2.81. The average molecular weight is 332 g/mol. The van der Waals surface area contributed by atoms with Gasteiger partial charge in [-0.15, -0.1) is 0 Å². The van der Waals surface area contributed by atoms with Crippen LogP contribution in [0.3, 0.4) is 0 Å². The summed E-state index contributed by atoms with van der Waals surface area (Å²) in [4.78, 5) is 39.0. The van der Waals surface area contributed by atoms with Crippen LogP contribution in [0, 0.1) is 11.8 Å². The lowest BCUT2D eigenvalue weighted by atomic mass is 9.85. The van der Waals surface area contributed by atoms with E-state index < -0.39 is 6.04 Å². The second-order valence-corrected chi connectivity index (χ2v) is 7.43. The fraction of sp³-hybridized carbons (Fsp3) is 0.737. The molecule has 132 valence electrons. The highest BCUT2D eigenvalue weighted by Crippen LogP contribution is 2.36. The minimum atomic E-state index is -0.707. The lowest BCUT2D eigenvalue weighted by molar-refractivity contribution is -0.147. The highest BCUT2D eigenvalue weighted by molar-refractivity contribution is 6.08. The fourth-order valence-electron chi connectivity index (χ4n) is 4.25. The maximum absolute atomic E-state index is 12.6. The van der Waals surface area contributed by atoms with Crippen molar-refractivity contribution >= 4 is 17.7 Å². The first-order chi connectivity index (χ1) is 11.6. The first-order valence-corrected chi connectivity index (χ1v) is 9.42. The van der Waals surface area contributed by atoms with Gasteiger partial charge in [0.1, 0.15) is 6.04 Å². The van der Waals surface area contributed by atoms with Crippen molar-refractivity contribution < 1.29 is 14.4 Å². The van der Waals surface area contributed by atoms with Crippen LogP contribution in [0.5, 0.6) is 0 Å². The molecule has 3 aliphatic rings. The van der Waals surface area contributed by atoms with E-state index in [1.165, 1.54) is 24.2 Å². The molecule has 2 aliphatic carbocycles. The van der Waals surface area contributed by atoms with Gasteiger partial charge in [-0.1, -0.05) is 44.3 Å². The molecule has 3 rings (SSSR count). The maximum atomic E-state index is 12.6. The molecular formula is C19H28N2O3. The molecule has 0 bridgehead atoms. The van der Waals surface area contributed by atoms with Crippen molar-refractivity contribution in [3.63, 3.8) is 0 Å². The molecule has 5 heteroatoms. The summed E-state index contributed by atoms with van der Waals surface area (Å²) in [5.41, 5.74) is 0. The predicted molar refractivity (Wildman–Crippen MR) is 90.9 cm³/mol. The summed E-state index contributed by atoms with van der Waals surface area (Å²) in [5, 5.41) is 3.09. The van der Waals surface area contributed by atoms with E-state index in [9.17, 15) is 14.4 Å². The Labute approximate surface area is 143 Å². The van der Waals surface area contributed by atoms with Crippen LogP contribution in [0.2, 0.25) is 0 Å². The van der Waals surface area contributed by atoms with Crippen LogP contribution in [0.15, 0.2) is 12.2 Å². The van der Waals surface area contributed by atoms with Gasteiger partial charge in [-0.25, -0.2) is 0 Å². The van der Waals surface area contributed by atoms with Crippen molar-refractivity contribution in [1.82, 2.24) is 10.2 Å². The van der Waals surface area contributed by atoms with E-state index in [2.05, 4.69) is 5.32 Å². The molecule has 0 radical (unpaired) electrons. The second-order valence-electron chi connectivity index (χ2n) is 7.43. The van der Waals surface area contributed by atoms with Crippen molar-refractivity contribution in [2.45, 2.75) is 76.8 Å². The van der Waals surface area contributed by atoms with Crippen molar-refractivity contribution in [3.8, 4) is 0 Å². The molecule has 5 nitrogen and oxygen atoms in total. The van der Waals surface area contributed by atoms with E-state index in [1.54, 1.807) is 6.92 Å². The van der Waals surface area contributed by atoms with E-state index >= 15 is 0 Å². The molecular weight excluding hydrogens is 304 g/mol. The van der Waals surface area contributed by atoms with Gasteiger partial charge in [-0.3, -0.25) is 19.3 Å². The Morgan fingerprint density at radius 1 is 1.00 bits per heavy atom. The topological polar surface area (TPSA) is 66.5 Å². The first kappa shape index (κ1) is 17.2. The van der Waals surface area contributed by atoms with Crippen LogP contribution in [0.1, 0.15) is 64.7 Å². The number of amides is 3. The normalized spacial score (nSPS) is 29.8. The zero-order valence-corrected chi connectivity index (χ0v) is 14.5. The van der Waals surface area contributed by atoms with Crippen molar-refractivity contribution in [1.29, 1.82) is 0 Å². The van der Waals surface area contributed by atoms with E-state index in [0.29, 0.717) is 12.8 Å². The first-order valence-electron chi connectivity index (χ1n) is 9.42. The Hall–Kier alpha value is -1.65. The minimum Gasteiger partial charge on any atom is -0.352 e. The van der Waals surface area contributed by atoms with Crippen LogP contribution >= 0.6 is 0 Å². The van der Waals surface area contributed by atoms with Crippen LogP contribution in [-0.2, 0) is 14.4 Å². The molecule has 3 amide bonds. The molecule has 0 aromatic rings. The number of fused-ring (bicyclic) bond motifs is 1. The predicted octanol–water partition coefficient (Wildman–Crippen LogP) is 2.56. The van der Waals surface area contributed by atoms with Gasteiger partial charge in [0, 0.05) is 6.04 Å². The Morgan fingerprint density at radius 2 is 1.50 bits per heavy atom. The van der Waals surface area contributed by atoms with Gasteiger partial charge < -0.3 is 5.32 Å². The van der Waals surface area contributed by atoms with Gasteiger partial charge in [0.2, 0.25) is 17.7 Å². The summed E-state index contributed by atoms with van der Waals surface area (Å²) >= 11 is 0. The van der Waals surface area contributed by atoms with Crippen LogP contribution in [0.4, 0.5) is 0 Å². The number of nitrogens with zero attached hydrogens (tertiary/aromatic N) is 1. The molecule has 0 unspecified atom stereocenters. The lowest BCUT2D eigenvalue weighted by Crippen LogP contribution is -2.50. The Kier molecular flexibility index (Phi) is 5.36. The quantitative estimate of drug-likeness (QED) is 0.638. The van der Waals surface area contributed by atoms with Gasteiger partial charge in [0.15, 0.2) is 0 Å². The number of carbonyl (C=O) groups is 3. The van der Waals surface area contributed by atoms with Crippen molar-refractivity contribution in [2.24, 2.45) is 11.8 Å². The molecule has 1 N–H and O–H groups in total. The SMILES string of the molecule is C[C@@H](C(=O)NC1CCCCCCC1)N1C(=O)[C@@H]2CC=CC[C@H]2C1=O. The number of allylic oxidation sites excluding steroid dienone is 2. The summed E-state index contributed by atoms with van der Waals surface area (Å²) < 4.78 is 0. The maximum Gasteiger partial charge on any atom is 0.243 e. The number of hydrogen-bond donors (Lipinski definition) is 1. The summed E-state index contributed by atoms with van der Waals surface area (Å²) in [6.07, 6.45) is 13.2. The number of rotatable bonds is 3. The van der Waals surface area contributed by atoms with Gasteiger partial charge >= 0.3 is 0 Å². The standard InChI is InChI=1S/C19H28N2O3/c1-13(17(22)20-14-9-5-3-2-4-6-10-14)21-18(23)15-11-7-8-12-16(15)19(21)24/h7-8,13-16H,2-6,9-12H2,1H3,(H,20,22)/t13-,15+,16+/m0/s1. The zero-order valence-electron chi connectivity index (χ0n) is 14.5. The van der Waals surface area contributed by atoms with E-state index in [0.717, 1.165) is 25.7 Å². The smallest absolute Gasteiger partial charge is 0.243 e. The number of nitrogens with one attached hydrogen (secondary N) is 1. The van der Waals surface area contributed by atoms with Gasteiger partial charge in [0.25, 0.3) is 0 Å². The molecule has 1 heterocycles. The second kappa shape index (κ2) is 7.49. The molecule has 0 spiro atoms. The minimum absolute atomic E-state index is 0.172. The molecule has 3 atom stereocenters. The summed E-state index contributed by atoms with van der Waals surface area (Å²) in [5.74, 6) is -1.06. The molecule has 0 aromatic carbocycles. The lowest BCUT2D eigenvalue weighted by Gasteiger charge is -2.26.